The summed E-state index contributed by atoms with van der Waals surface area (Å²) in [7, 11) is 1.54. The maximum absolute atomic E-state index is 12.7. The van der Waals surface area contributed by atoms with Gasteiger partial charge in [-0.1, -0.05) is 22.4 Å². The number of methoxy groups -OCH3 is 1. The maximum Gasteiger partial charge on any atom is 0.391 e. The van der Waals surface area contributed by atoms with E-state index in [0.717, 1.165) is 0 Å². The lowest BCUT2D eigenvalue weighted by Crippen LogP contribution is -2.43. The predicted octanol–water partition coefficient (Wildman–Crippen LogP) is 3.27. The topological polar surface area (TPSA) is 38.3 Å². The Labute approximate surface area is 125 Å². The largest absolute Gasteiger partial charge is 0.391 e. The molecular weight excluding hydrogens is 339 g/mol. The molecule has 0 aromatic heterocycles. The minimum absolute atomic E-state index is 0.0939. The third-order valence-corrected chi connectivity index (χ3v) is 4.14. The second-order valence-corrected chi connectivity index (χ2v) is 6.03. The number of nitrogens with one attached hydrogen (secondary N) is 1. The Morgan fingerprint density at radius 3 is 2.70 bits per heavy atom. The normalized spacial score (nSPS) is 25.2. The third kappa shape index (κ3) is 5.60. The number of hydrogen-bond donors (Lipinski definition) is 1. The average Bonchev–Trinajstić information content (AvgIpc) is 2.38. The van der Waals surface area contributed by atoms with Gasteiger partial charge in [0.25, 0.3) is 0 Å². The smallest absolute Gasteiger partial charge is 0.383 e. The Kier molecular flexibility index (Phi) is 7.29. The SMILES string of the molecule is COCC(CCBr)NC(=O)C1CCCC(C(F)(F)F)C1. The Balaban J connectivity index is 2.53. The summed E-state index contributed by atoms with van der Waals surface area (Å²) in [6.45, 7) is 0.368. The van der Waals surface area contributed by atoms with Crippen LogP contribution < -0.4 is 5.32 Å². The first kappa shape index (κ1) is 17.8. The molecule has 0 aromatic carbocycles. The van der Waals surface area contributed by atoms with Gasteiger partial charge in [0.1, 0.15) is 0 Å². The average molecular weight is 360 g/mol. The van der Waals surface area contributed by atoms with Crippen LogP contribution in [0, 0.1) is 11.8 Å². The maximum atomic E-state index is 12.7. The Morgan fingerprint density at radius 1 is 1.45 bits per heavy atom. The second kappa shape index (κ2) is 8.22. The zero-order valence-electron chi connectivity index (χ0n) is 11.5. The fraction of sp³-hybridized carbons (Fsp3) is 0.923. The van der Waals surface area contributed by atoms with Crippen LogP contribution in [-0.4, -0.2) is 37.2 Å². The summed E-state index contributed by atoms with van der Waals surface area (Å²) in [5.41, 5.74) is 0. The first-order valence-electron chi connectivity index (χ1n) is 6.80. The monoisotopic (exact) mass is 359 g/mol. The van der Waals surface area contributed by atoms with Gasteiger partial charge in [-0.15, -0.1) is 0 Å². The van der Waals surface area contributed by atoms with E-state index in [1.54, 1.807) is 0 Å². The van der Waals surface area contributed by atoms with Crippen LogP contribution in [0.15, 0.2) is 0 Å². The third-order valence-electron chi connectivity index (χ3n) is 3.68. The molecule has 1 N–H and O–H groups in total. The summed E-state index contributed by atoms with van der Waals surface area (Å²) in [6, 6.07) is -0.155. The number of amides is 1. The lowest BCUT2D eigenvalue weighted by atomic mass is 9.80. The van der Waals surface area contributed by atoms with Gasteiger partial charge in [0.15, 0.2) is 0 Å². The van der Waals surface area contributed by atoms with E-state index in [2.05, 4.69) is 21.2 Å². The van der Waals surface area contributed by atoms with Crippen molar-refractivity contribution in [3.63, 3.8) is 0 Å². The fourth-order valence-electron chi connectivity index (χ4n) is 2.57. The molecule has 3 nitrogen and oxygen atoms in total. The molecule has 0 spiro atoms. The predicted molar refractivity (Wildman–Crippen MR) is 73.7 cm³/mol. The van der Waals surface area contributed by atoms with Gasteiger partial charge in [-0.3, -0.25) is 4.79 Å². The Bertz CT molecular complexity index is 306. The first-order chi connectivity index (χ1) is 9.38. The van der Waals surface area contributed by atoms with Gasteiger partial charge >= 0.3 is 6.18 Å². The zero-order chi connectivity index (χ0) is 15.2. The van der Waals surface area contributed by atoms with E-state index in [9.17, 15) is 18.0 Å². The molecule has 3 atom stereocenters. The molecule has 1 fully saturated rings. The Morgan fingerprint density at radius 2 is 2.15 bits per heavy atom. The lowest BCUT2D eigenvalue weighted by molar-refractivity contribution is -0.186. The van der Waals surface area contributed by atoms with Crippen molar-refractivity contribution in [1.29, 1.82) is 0 Å². The fourth-order valence-corrected chi connectivity index (χ4v) is 3.13. The van der Waals surface area contributed by atoms with Crippen LogP contribution in [-0.2, 0) is 9.53 Å². The summed E-state index contributed by atoms with van der Waals surface area (Å²) in [6.07, 6.45) is -2.47. The number of ether oxygens (including phenoxy) is 1. The molecule has 1 rings (SSSR count). The van der Waals surface area contributed by atoms with E-state index < -0.39 is 18.0 Å². The van der Waals surface area contributed by atoms with Crippen LogP contribution in [0.5, 0.6) is 0 Å². The van der Waals surface area contributed by atoms with Crippen molar-refractivity contribution in [1.82, 2.24) is 5.32 Å². The highest BCUT2D eigenvalue weighted by atomic mass is 79.9. The van der Waals surface area contributed by atoms with Crippen LogP contribution >= 0.6 is 15.9 Å². The van der Waals surface area contributed by atoms with Gasteiger partial charge in [-0.2, -0.15) is 13.2 Å². The standard InChI is InChI=1S/C13H21BrF3NO2/c1-20-8-11(5-6-14)18-12(19)9-3-2-4-10(7-9)13(15,16)17/h9-11H,2-8H2,1H3,(H,18,19). The number of rotatable bonds is 6. The van der Waals surface area contributed by atoms with Gasteiger partial charge in [-0.25, -0.2) is 0 Å². The van der Waals surface area contributed by atoms with E-state index in [-0.39, 0.29) is 24.8 Å². The van der Waals surface area contributed by atoms with Crippen molar-refractivity contribution in [2.24, 2.45) is 11.8 Å². The molecule has 0 aromatic rings. The number of halogens is 4. The molecule has 1 aliphatic carbocycles. The molecule has 7 heteroatoms. The molecule has 118 valence electrons. The van der Waals surface area contributed by atoms with Crippen molar-refractivity contribution in [3.8, 4) is 0 Å². The number of hydrogen-bond acceptors (Lipinski definition) is 2. The summed E-state index contributed by atoms with van der Waals surface area (Å²) in [4.78, 5) is 12.1. The molecule has 0 bridgehead atoms. The van der Waals surface area contributed by atoms with E-state index in [1.165, 1.54) is 7.11 Å². The van der Waals surface area contributed by atoms with Gasteiger partial charge in [0.05, 0.1) is 18.6 Å². The molecule has 0 aliphatic heterocycles. The first-order valence-corrected chi connectivity index (χ1v) is 7.92. The molecule has 0 heterocycles. The summed E-state index contributed by atoms with van der Waals surface area (Å²) in [5, 5.41) is 3.50. The molecular formula is C13H21BrF3NO2. The molecule has 3 unspecified atom stereocenters. The van der Waals surface area contributed by atoms with Gasteiger partial charge in [0.2, 0.25) is 5.91 Å². The zero-order valence-corrected chi connectivity index (χ0v) is 13.1. The molecule has 0 saturated heterocycles. The van der Waals surface area contributed by atoms with Crippen molar-refractivity contribution in [2.75, 3.05) is 19.0 Å². The summed E-state index contributed by atoms with van der Waals surface area (Å²) < 4.78 is 43.2. The van der Waals surface area contributed by atoms with Crippen LogP contribution in [0.3, 0.4) is 0 Å². The summed E-state index contributed by atoms with van der Waals surface area (Å²) in [5.74, 6) is -2.16. The number of alkyl halides is 4. The van der Waals surface area contributed by atoms with Crippen LogP contribution in [0.4, 0.5) is 13.2 Å². The van der Waals surface area contributed by atoms with Crippen LogP contribution in [0.2, 0.25) is 0 Å². The van der Waals surface area contributed by atoms with Crippen molar-refractivity contribution in [3.05, 3.63) is 0 Å². The van der Waals surface area contributed by atoms with E-state index in [1.807, 2.05) is 0 Å². The van der Waals surface area contributed by atoms with Gasteiger partial charge < -0.3 is 10.1 Å². The molecule has 20 heavy (non-hydrogen) atoms. The van der Waals surface area contributed by atoms with Gasteiger partial charge in [0, 0.05) is 18.4 Å². The van der Waals surface area contributed by atoms with E-state index in [4.69, 9.17) is 4.74 Å². The van der Waals surface area contributed by atoms with E-state index in [0.29, 0.717) is 31.2 Å². The lowest BCUT2D eigenvalue weighted by Gasteiger charge is -2.30. The van der Waals surface area contributed by atoms with Crippen molar-refractivity contribution in [2.45, 2.75) is 44.3 Å². The highest BCUT2D eigenvalue weighted by Crippen LogP contribution is 2.39. The van der Waals surface area contributed by atoms with Crippen LogP contribution in [0.1, 0.15) is 32.1 Å². The van der Waals surface area contributed by atoms with Crippen molar-refractivity contribution < 1.29 is 22.7 Å². The van der Waals surface area contributed by atoms with Gasteiger partial charge in [-0.05, 0) is 25.7 Å². The second-order valence-electron chi connectivity index (χ2n) is 5.24. The minimum Gasteiger partial charge on any atom is -0.383 e. The molecule has 0 radical (unpaired) electrons. The molecule has 1 saturated carbocycles. The number of carbonyl (C=O) groups is 1. The van der Waals surface area contributed by atoms with Crippen LogP contribution in [0.25, 0.3) is 0 Å². The van der Waals surface area contributed by atoms with Crippen molar-refractivity contribution >= 4 is 21.8 Å². The highest BCUT2D eigenvalue weighted by Gasteiger charge is 2.43. The summed E-state index contributed by atoms with van der Waals surface area (Å²) >= 11 is 3.29. The highest BCUT2D eigenvalue weighted by molar-refractivity contribution is 9.09. The molecule has 1 aliphatic rings. The number of carbonyl (C=O) groups excluding carboxylic acids is 1. The van der Waals surface area contributed by atoms with E-state index >= 15 is 0 Å². The Hall–Kier alpha value is -0.300. The molecule has 1 amide bonds. The quantitative estimate of drug-likeness (QED) is 0.739. The minimum atomic E-state index is -4.19.